The molecule has 0 radical (unpaired) electrons. The number of nitrogens with two attached hydrogens (primary N) is 1. The molecule has 5 heteroatoms. The van der Waals surface area contributed by atoms with Crippen LogP contribution in [0.15, 0.2) is 27.2 Å². The fourth-order valence-electron chi connectivity index (χ4n) is 1.55. The van der Waals surface area contributed by atoms with Gasteiger partial charge in [0.1, 0.15) is 0 Å². The molecule has 1 unspecified atom stereocenters. The first-order chi connectivity index (χ1) is 8.11. The van der Waals surface area contributed by atoms with Crippen molar-refractivity contribution in [2.24, 2.45) is 5.73 Å². The third kappa shape index (κ3) is 2.56. The zero-order valence-electron chi connectivity index (χ0n) is 9.77. The van der Waals surface area contributed by atoms with E-state index >= 15 is 0 Å². The van der Waals surface area contributed by atoms with Crippen LogP contribution in [0.1, 0.15) is 30.8 Å². The first-order valence-electron chi connectivity index (χ1n) is 5.47. The molecule has 0 bridgehead atoms. The van der Waals surface area contributed by atoms with Gasteiger partial charge in [0.2, 0.25) is 11.7 Å². The average Bonchev–Trinajstić information content (AvgIpc) is 2.77. The van der Waals surface area contributed by atoms with Crippen molar-refractivity contribution in [2.45, 2.75) is 26.3 Å². The largest absolute Gasteiger partial charge is 0.337 e. The molecule has 0 saturated heterocycles. The summed E-state index contributed by atoms with van der Waals surface area (Å²) in [5, 5.41) is 3.96. The predicted molar refractivity (Wildman–Crippen MR) is 69.4 cm³/mol. The van der Waals surface area contributed by atoms with Crippen molar-refractivity contribution in [3.05, 3.63) is 34.1 Å². The molecule has 0 aliphatic heterocycles. The summed E-state index contributed by atoms with van der Waals surface area (Å²) < 4.78 is 6.19. The lowest BCUT2D eigenvalue weighted by Crippen LogP contribution is -2.08. The summed E-state index contributed by atoms with van der Waals surface area (Å²) in [4.78, 5) is 4.32. The molecule has 2 aromatic rings. The minimum Gasteiger partial charge on any atom is -0.337 e. The predicted octanol–water partition coefficient (Wildman–Crippen LogP) is 3.22. The maximum absolute atomic E-state index is 5.84. The summed E-state index contributed by atoms with van der Waals surface area (Å²) in [6.45, 7) is 4.00. The Labute approximate surface area is 108 Å². The fraction of sp³-hybridized carbons (Fsp3) is 0.333. The van der Waals surface area contributed by atoms with Gasteiger partial charge in [0, 0.05) is 10.0 Å². The minimum absolute atomic E-state index is 0.188. The summed E-state index contributed by atoms with van der Waals surface area (Å²) in [6, 6.07) is 5.75. The molecule has 2 N–H and O–H groups in total. The standard InChI is InChI=1S/C12H14BrN3O/c1-3-10(14)12-15-11(16-17-12)9-5-4-8(13)6-7(9)2/h4-6,10H,3,14H2,1-2H3. The Morgan fingerprint density at radius 2 is 2.24 bits per heavy atom. The third-order valence-corrected chi connectivity index (χ3v) is 3.12. The molecule has 0 spiro atoms. The van der Waals surface area contributed by atoms with Crippen LogP contribution in [0.25, 0.3) is 11.4 Å². The Morgan fingerprint density at radius 3 is 2.88 bits per heavy atom. The van der Waals surface area contributed by atoms with Crippen molar-refractivity contribution in [2.75, 3.05) is 0 Å². The van der Waals surface area contributed by atoms with Crippen LogP contribution < -0.4 is 5.73 Å². The SMILES string of the molecule is CCC(N)c1nc(-c2ccc(Br)cc2C)no1. The van der Waals surface area contributed by atoms with Gasteiger partial charge in [-0.1, -0.05) is 28.0 Å². The summed E-state index contributed by atoms with van der Waals surface area (Å²) in [5.74, 6) is 1.08. The second-order valence-corrected chi connectivity index (χ2v) is 4.85. The van der Waals surface area contributed by atoms with Gasteiger partial charge in [0.15, 0.2) is 0 Å². The highest BCUT2D eigenvalue weighted by atomic mass is 79.9. The van der Waals surface area contributed by atoms with Crippen molar-refractivity contribution in [3.63, 3.8) is 0 Å². The van der Waals surface area contributed by atoms with Crippen LogP contribution in [-0.4, -0.2) is 10.1 Å². The molecular weight excluding hydrogens is 282 g/mol. The molecule has 1 aromatic carbocycles. The van der Waals surface area contributed by atoms with Gasteiger partial charge < -0.3 is 10.3 Å². The highest BCUT2D eigenvalue weighted by Crippen LogP contribution is 2.25. The van der Waals surface area contributed by atoms with Crippen LogP contribution in [0.2, 0.25) is 0 Å². The van der Waals surface area contributed by atoms with Crippen LogP contribution in [0.4, 0.5) is 0 Å². The van der Waals surface area contributed by atoms with Crippen molar-refractivity contribution >= 4 is 15.9 Å². The molecule has 90 valence electrons. The van der Waals surface area contributed by atoms with Crippen LogP contribution in [0.5, 0.6) is 0 Å². The smallest absolute Gasteiger partial charge is 0.243 e. The zero-order chi connectivity index (χ0) is 12.4. The van der Waals surface area contributed by atoms with Crippen LogP contribution in [-0.2, 0) is 0 Å². The van der Waals surface area contributed by atoms with E-state index in [2.05, 4.69) is 26.1 Å². The topological polar surface area (TPSA) is 64.9 Å². The average molecular weight is 296 g/mol. The second-order valence-electron chi connectivity index (χ2n) is 3.93. The molecule has 17 heavy (non-hydrogen) atoms. The van der Waals surface area contributed by atoms with E-state index in [-0.39, 0.29) is 6.04 Å². The van der Waals surface area contributed by atoms with Gasteiger partial charge in [0.05, 0.1) is 6.04 Å². The van der Waals surface area contributed by atoms with Crippen LogP contribution in [0.3, 0.4) is 0 Å². The number of aromatic nitrogens is 2. The minimum atomic E-state index is -0.188. The van der Waals surface area contributed by atoms with E-state index in [9.17, 15) is 0 Å². The molecular formula is C12H14BrN3O. The number of hydrogen-bond acceptors (Lipinski definition) is 4. The van der Waals surface area contributed by atoms with Gasteiger partial charge in [0.25, 0.3) is 0 Å². The third-order valence-electron chi connectivity index (χ3n) is 2.63. The molecule has 1 atom stereocenters. The van der Waals surface area contributed by atoms with Crippen molar-refractivity contribution in [1.29, 1.82) is 0 Å². The number of nitrogens with zero attached hydrogens (tertiary/aromatic N) is 2. The highest BCUT2D eigenvalue weighted by Gasteiger charge is 2.15. The van der Waals surface area contributed by atoms with E-state index in [0.717, 1.165) is 22.0 Å². The van der Waals surface area contributed by atoms with E-state index in [0.29, 0.717) is 11.7 Å². The zero-order valence-corrected chi connectivity index (χ0v) is 11.4. The Balaban J connectivity index is 2.37. The summed E-state index contributed by atoms with van der Waals surface area (Å²) in [7, 11) is 0. The van der Waals surface area contributed by atoms with E-state index in [1.54, 1.807) is 0 Å². The number of benzene rings is 1. The molecule has 0 aliphatic carbocycles. The molecule has 4 nitrogen and oxygen atoms in total. The van der Waals surface area contributed by atoms with Gasteiger partial charge in [-0.05, 0) is 37.1 Å². The number of aryl methyl sites for hydroxylation is 1. The maximum atomic E-state index is 5.84. The fourth-order valence-corrected chi connectivity index (χ4v) is 2.02. The molecule has 1 aromatic heterocycles. The maximum Gasteiger partial charge on any atom is 0.243 e. The molecule has 0 fully saturated rings. The molecule has 0 aliphatic rings. The van der Waals surface area contributed by atoms with Gasteiger partial charge in [-0.25, -0.2) is 0 Å². The van der Waals surface area contributed by atoms with Crippen molar-refractivity contribution < 1.29 is 4.52 Å². The van der Waals surface area contributed by atoms with Crippen LogP contribution in [0, 0.1) is 6.92 Å². The Hall–Kier alpha value is -1.20. The monoisotopic (exact) mass is 295 g/mol. The molecule has 0 saturated carbocycles. The summed E-state index contributed by atoms with van der Waals surface area (Å²) in [6.07, 6.45) is 0.779. The highest BCUT2D eigenvalue weighted by molar-refractivity contribution is 9.10. The number of rotatable bonds is 3. The van der Waals surface area contributed by atoms with Gasteiger partial charge in [-0.15, -0.1) is 0 Å². The Bertz CT molecular complexity index is 524. The van der Waals surface area contributed by atoms with Gasteiger partial charge in [-0.3, -0.25) is 0 Å². The van der Waals surface area contributed by atoms with E-state index < -0.39 is 0 Å². The van der Waals surface area contributed by atoms with E-state index in [1.165, 1.54) is 0 Å². The van der Waals surface area contributed by atoms with E-state index in [4.69, 9.17) is 10.3 Å². The molecule has 1 heterocycles. The van der Waals surface area contributed by atoms with Crippen molar-refractivity contribution in [3.8, 4) is 11.4 Å². The lowest BCUT2D eigenvalue weighted by atomic mass is 10.1. The molecule has 2 rings (SSSR count). The van der Waals surface area contributed by atoms with Crippen molar-refractivity contribution in [1.82, 2.24) is 10.1 Å². The summed E-state index contributed by atoms with van der Waals surface area (Å²) in [5.41, 5.74) is 7.90. The Kier molecular flexibility index (Phi) is 3.59. The number of hydrogen-bond donors (Lipinski definition) is 1. The Morgan fingerprint density at radius 1 is 1.47 bits per heavy atom. The van der Waals surface area contributed by atoms with E-state index in [1.807, 2.05) is 32.0 Å². The normalized spacial score (nSPS) is 12.7. The lowest BCUT2D eigenvalue weighted by molar-refractivity contribution is 0.352. The van der Waals surface area contributed by atoms with Gasteiger partial charge in [-0.2, -0.15) is 4.98 Å². The second kappa shape index (κ2) is 4.98. The van der Waals surface area contributed by atoms with Gasteiger partial charge >= 0.3 is 0 Å². The quantitative estimate of drug-likeness (QED) is 0.944. The summed E-state index contributed by atoms with van der Waals surface area (Å²) >= 11 is 3.42. The first-order valence-corrected chi connectivity index (χ1v) is 6.26. The first kappa shape index (κ1) is 12.3. The van der Waals surface area contributed by atoms with Crippen LogP contribution >= 0.6 is 15.9 Å². The molecule has 0 amide bonds. The lowest BCUT2D eigenvalue weighted by Gasteiger charge is -2.01. The number of halogens is 1.